The third-order valence-electron chi connectivity index (χ3n) is 4.17. The molecular formula is C20H22N2O3. The summed E-state index contributed by atoms with van der Waals surface area (Å²) in [5.41, 5.74) is 3.28. The zero-order valence-corrected chi connectivity index (χ0v) is 14.7. The summed E-state index contributed by atoms with van der Waals surface area (Å²) in [5, 5.41) is 2.91. The van der Waals surface area contributed by atoms with Crippen LogP contribution in [0.4, 0.5) is 11.4 Å². The summed E-state index contributed by atoms with van der Waals surface area (Å²) in [6.07, 6.45) is 1.29. The van der Waals surface area contributed by atoms with E-state index in [1.54, 1.807) is 36.2 Å². The van der Waals surface area contributed by atoms with E-state index in [4.69, 9.17) is 4.74 Å². The Morgan fingerprint density at radius 3 is 2.52 bits per heavy atom. The van der Waals surface area contributed by atoms with Gasteiger partial charge in [-0.25, -0.2) is 0 Å². The van der Waals surface area contributed by atoms with E-state index in [1.165, 1.54) is 0 Å². The van der Waals surface area contributed by atoms with Crippen LogP contribution >= 0.6 is 0 Å². The van der Waals surface area contributed by atoms with Crippen LogP contribution in [0, 0.1) is 0 Å². The quantitative estimate of drug-likeness (QED) is 0.926. The van der Waals surface area contributed by atoms with E-state index in [0.717, 1.165) is 22.7 Å². The Kier molecular flexibility index (Phi) is 4.74. The minimum atomic E-state index is -0.170. The number of fused-ring (bicyclic) bond motifs is 1. The molecule has 0 radical (unpaired) electrons. The van der Waals surface area contributed by atoms with E-state index in [9.17, 15) is 9.59 Å². The predicted octanol–water partition coefficient (Wildman–Crippen LogP) is 3.64. The van der Waals surface area contributed by atoms with Gasteiger partial charge in [0.2, 0.25) is 5.91 Å². The summed E-state index contributed by atoms with van der Waals surface area (Å²) >= 11 is 0. The number of hydrogen-bond acceptors (Lipinski definition) is 3. The van der Waals surface area contributed by atoms with Crippen LogP contribution in [0.3, 0.4) is 0 Å². The van der Waals surface area contributed by atoms with Gasteiger partial charge in [0.25, 0.3) is 5.91 Å². The van der Waals surface area contributed by atoms with Crippen molar-refractivity contribution in [2.45, 2.75) is 32.8 Å². The number of benzene rings is 2. The molecule has 0 saturated heterocycles. The average Bonchev–Trinajstić information content (AvgIpc) is 2.58. The number of rotatable bonds is 4. The molecule has 2 aromatic carbocycles. The maximum Gasteiger partial charge on any atom is 0.255 e. The van der Waals surface area contributed by atoms with Gasteiger partial charge in [-0.15, -0.1) is 0 Å². The van der Waals surface area contributed by atoms with Crippen LogP contribution in [-0.4, -0.2) is 25.0 Å². The first-order chi connectivity index (χ1) is 11.9. The highest BCUT2D eigenvalue weighted by atomic mass is 16.5. The zero-order chi connectivity index (χ0) is 18.0. The van der Waals surface area contributed by atoms with Gasteiger partial charge in [0.1, 0.15) is 5.75 Å². The molecule has 0 unspecified atom stereocenters. The van der Waals surface area contributed by atoms with Crippen molar-refractivity contribution in [1.29, 1.82) is 0 Å². The Morgan fingerprint density at radius 2 is 1.84 bits per heavy atom. The summed E-state index contributed by atoms with van der Waals surface area (Å²) < 4.78 is 5.58. The molecule has 0 saturated carbocycles. The van der Waals surface area contributed by atoms with Crippen molar-refractivity contribution in [3.63, 3.8) is 0 Å². The molecule has 1 N–H and O–H groups in total. The monoisotopic (exact) mass is 338 g/mol. The van der Waals surface area contributed by atoms with E-state index in [0.29, 0.717) is 18.4 Å². The smallest absolute Gasteiger partial charge is 0.255 e. The molecule has 0 aromatic heterocycles. The standard InChI is InChI=1S/C20H22N2O3/c1-13(2)25-17-8-4-14(5-9-17)20(24)21-16-7-10-18-15(12-16)6-11-19(23)22(18)3/h4-5,7-10,12-13H,6,11H2,1-3H3,(H,21,24). The Hall–Kier alpha value is -2.82. The molecule has 5 heteroatoms. The largest absolute Gasteiger partial charge is 0.491 e. The van der Waals surface area contributed by atoms with Crippen LogP contribution in [-0.2, 0) is 11.2 Å². The average molecular weight is 338 g/mol. The van der Waals surface area contributed by atoms with Crippen molar-refractivity contribution in [3.05, 3.63) is 53.6 Å². The molecule has 1 aliphatic heterocycles. The highest BCUT2D eigenvalue weighted by molar-refractivity contribution is 6.04. The first-order valence-electron chi connectivity index (χ1n) is 8.41. The summed E-state index contributed by atoms with van der Waals surface area (Å²) in [6, 6.07) is 12.7. The number of aryl methyl sites for hydroxylation is 1. The molecule has 0 spiro atoms. The molecule has 2 amide bonds. The Bertz CT molecular complexity index is 797. The molecule has 0 fully saturated rings. The topological polar surface area (TPSA) is 58.6 Å². The zero-order valence-electron chi connectivity index (χ0n) is 14.7. The Morgan fingerprint density at radius 1 is 1.12 bits per heavy atom. The molecule has 130 valence electrons. The molecule has 25 heavy (non-hydrogen) atoms. The van der Waals surface area contributed by atoms with Crippen LogP contribution in [0.1, 0.15) is 36.2 Å². The van der Waals surface area contributed by atoms with Gasteiger partial charge in [0.15, 0.2) is 0 Å². The minimum Gasteiger partial charge on any atom is -0.491 e. The fraction of sp³-hybridized carbons (Fsp3) is 0.300. The number of carbonyl (C=O) groups excluding carboxylic acids is 2. The Labute approximate surface area is 147 Å². The minimum absolute atomic E-state index is 0.0974. The number of ether oxygens (including phenoxy) is 1. The van der Waals surface area contributed by atoms with Gasteiger partial charge in [-0.3, -0.25) is 9.59 Å². The lowest BCUT2D eigenvalue weighted by Gasteiger charge is -2.26. The molecular weight excluding hydrogens is 316 g/mol. The fourth-order valence-corrected chi connectivity index (χ4v) is 2.89. The molecule has 5 nitrogen and oxygen atoms in total. The van der Waals surface area contributed by atoms with Crippen LogP contribution in [0.25, 0.3) is 0 Å². The molecule has 0 atom stereocenters. The van der Waals surface area contributed by atoms with Gasteiger partial charge < -0.3 is 15.0 Å². The van der Waals surface area contributed by atoms with Gasteiger partial charge >= 0.3 is 0 Å². The second-order valence-electron chi connectivity index (χ2n) is 6.44. The number of anilines is 2. The maximum atomic E-state index is 12.4. The lowest BCUT2D eigenvalue weighted by molar-refractivity contribution is -0.118. The summed E-state index contributed by atoms with van der Waals surface area (Å²) in [5.74, 6) is 0.692. The van der Waals surface area contributed by atoms with Gasteiger partial charge in [-0.1, -0.05) is 0 Å². The van der Waals surface area contributed by atoms with E-state index in [-0.39, 0.29) is 17.9 Å². The number of carbonyl (C=O) groups is 2. The molecule has 1 heterocycles. The van der Waals surface area contributed by atoms with Crippen molar-refractivity contribution in [3.8, 4) is 5.75 Å². The molecule has 0 bridgehead atoms. The summed E-state index contributed by atoms with van der Waals surface area (Å²) in [6.45, 7) is 3.92. The SMILES string of the molecule is CC(C)Oc1ccc(C(=O)Nc2ccc3c(c2)CCC(=O)N3C)cc1. The third-order valence-corrected chi connectivity index (χ3v) is 4.17. The Balaban J connectivity index is 1.72. The number of hydrogen-bond donors (Lipinski definition) is 1. The van der Waals surface area contributed by atoms with Crippen molar-refractivity contribution >= 4 is 23.2 Å². The highest BCUT2D eigenvalue weighted by Crippen LogP contribution is 2.29. The highest BCUT2D eigenvalue weighted by Gasteiger charge is 2.21. The van der Waals surface area contributed by atoms with Crippen LogP contribution in [0.15, 0.2) is 42.5 Å². The normalized spacial score (nSPS) is 13.6. The van der Waals surface area contributed by atoms with E-state index >= 15 is 0 Å². The van der Waals surface area contributed by atoms with Gasteiger partial charge in [0, 0.05) is 30.4 Å². The predicted molar refractivity (Wildman–Crippen MR) is 98.3 cm³/mol. The van der Waals surface area contributed by atoms with Gasteiger partial charge in [-0.2, -0.15) is 0 Å². The van der Waals surface area contributed by atoms with E-state index < -0.39 is 0 Å². The number of nitrogens with one attached hydrogen (secondary N) is 1. The van der Waals surface area contributed by atoms with Crippen molar-refractivity contribution in [1.82, 2.24) is 0 Å². The second-order valence-corrected chi connectivity index (χ2v) is 6.44. The lowest BCUT2D eigenvalue weighted by Crippen LogP contribution is -2.31. The fourth-order valence-electron chi connectivity index (χ4n) is 2.89. The van der Waals surface area contributed by atoms with Gasteiger partial charge in [-0.05, 0) is 68.3 Å². The number of amides is 2. The van der Waals surface area contributed by atoms with E-state index in [2.05, 4.69) is 5.32 Å². The second kappa shape index (κ2) is 6.97. The van der Waals surface area contributed by atoms with Crippen molar-refractivity contribution in [2.75, 3.05) is 17.3 Å². The van der Waals surface area contributed by atoms with Crippen molar-refractivity contribution in [2.24, 2.45) is 0 Å². The molecule has 2 aromatic rings. The van der Waals surface area contributed by atoms with Crippen LogP contribution in [0.2, 0.25) is 0 Å². The van der Waals surface area contributed by atoms with E-state index in [1.807, 2.05) is 32.0 Å². The molecule has 1 aliphatic rings. The van der Waals surface area contributed by atoms with Gasteiger partial charge in [0.05, 0.1) is 6.10 Å². The first kappa shape index (κ1) is 17.0. The maximum absolute atomic E-state index is 12.4. The summed E-state index contributed by atoms with van der Waals surface area (Å²) in [7, 11) is 1.78. The molecule has 3 rings (SSSR count). The van der Waals surface area contributed by atoms with Crippen LogP contribution < -0.4 is 15.0 Å². The summed E-state index contributed by atoms with van der Waals surface area (Å²) in [4.78, 5) is 25.8. The van der Waals surface area contributed by atoms with Crippen LogP contribution in [0.5, 0.6) is 5.75 Å². The lowest BCUT2D eigenvalue weighted by atomic mass is 10.0. The van der Waals surface area contributed by atoms with Crippen molar-refractivity contribution < 1.29 is 14.3 Å². The molecule has 0 aliphatic carbocycles. The number of nitrogens with zero attached hydrogens (tertiary/aromatic N) is 1. The third kappa shape index (κ3) is 3.82. The first-order valence-corrected chi connectivity index (χ1v) is 8.41.